The minimum absolute atomic E-state index is 0.0581. The number of benzene rings is 3. The summed E-state index contributed by atoms with van der Waals surface area (Å²) in [5.74, 6) is 0.420. The molecule has 3 rings (SSSR count). The summed E-state index contributed by atoms with van der Waals surface area (Å²) in [6.45, 7) is 6.22. The minimum Gasteiger partial charge on any atom is -0.287 e. The minimum atomic E-state index is 0.0581. The van der Waals surface area contributed by atoms with E-state index in [9.17, 15) is 4.79 Å². The van der Waals surface area contributed by atoms with E-state index in [4.69, 9.17) is 0 Å². The van der Waals surface area contributed by atoms with E-state index in [0.717, 1.165) is 15.7 Å². The molecule has 0 N–H and O–H groups in total. The fraction of sp³-hybridized carbons (Fsp3) is 0.250. The summed E-state index contributed by atoms with van der Waals surface area (Å²) in [7, 11) is 0. The van der Waals surface area contributed by atoms with E-state index in [0.29, 0.717) is 5.92 Å². The molecule has 0 amide bonds. The van der Waals surface area contributed by atoms with Crippen LogP contribution in [0.4, 0.5) is 0 Å². The Morgan fingerprint density at radius 1 is 0.864 bits per heavy atom. The Balaban J connectivity index is 2.18. The van der Waals surface area contributed by atoms with Crippen molar-refractivity contribution < 1.29 is 4.79 Å². The van der Waals surface area contributed by atoms with Gasteiger partial charge in [-0.05, 0) is 33.5 Å². The molecule has 0 aliphatic heterocycles. The Hall–Kier alpha value is -1.80. The molecule has 0 bridgehead atoms. The molecule has 112 valence electrons. The van der Waals surface area contributed by atoms with Crippen molar-refractivity contribution in [1.29, 1.82) is 0 Å². The van der Waals surface area contributed by atoms with Gasteiger partial charge in [0.15, 0.2) is 5.12 Å². The van der Waals surface area contributed by atoms with E-state index in [1.165, 1.54) is 22.5 Å². The third-order valence-corrected chi connectivity index (χ3v) is 5.51. The SMILES string of the molecule is CC(C)C(C)C(=O)Sc1c2ccccc2cc2ccccc12. The molecule has 2 heteroatoms. The van der Waals surface area contributed by atoms with Gasteiger partial charge in [0, 0.05) is 10.8 Å². The van der Waals surface area contributed by atoms with Gasteiger partial charge in [0.05, 0.1) is 0 Å². The predicted octanol–water partition coefficient (Wildman–Crippen LogP) is 5.90. The van der Waals surface area contributed by atoms with Crippen LogP contribution in [0.15, 0.2) is 59.5 Å². The first kappa shape index (κ1) is 15.1. The van der Waals surface area contributed by atoms with Crippen LogP contribution in [0.5, 0.6) is 0 Å². The molecule has 0 aliphatic rings. The van der Waals surface area contributed by atoms with Gasteiger partial charge in [-0.25, -0.2) is 0 Å². The first-order chi connectivity index (χ1) is 10.6. The maximum absolute atomic E-state index is 12.6. The Labute approximate surface area is 135 Å². The summed E-state index contributed by atoms with van der Waals surface area (Å²) in [6, 6.07) is 18.8. The van der Waals surface area contributed by atoms with E-state index >= 15 is 0 Å². The molecule has 3 aromatic rings. The highest BCUT2D eigenvalue weighted by Gasteiger charge is 2.20. The van der Waals surface area contributed by atoms with E-state index < -0.39 is 0 Å². The lowest BCUT2D eigenvalue weighted by Gasteiger charge is -2.15. The van der Waals surface area contributed by atoms with Gasteiger partial charge in [0.2, 0.25) is 0 Å². The van der Waals surface area contributed by atoms with Crippen LogP contribution in [-0.4, -0.2) is 5.12 Å². The van der Waals surface area contributed by atoms with Gasteiger partial charge in [-0.3, -0.25) is 4.79 Å². The number of carbonyl (C=O) groups is 1. The molecule has 0 saturated carbocycles. The topological polar surface area (TPSA) is 17.1 Å². The van der Waals surface area contributed by atoms with Gasteiger partial charge in [-0.15, -0.1) is 0 Å². The summed E-state index contributed by atoms with van der Waals surface area (Å²) in [5, 5.41) is 4.95. The second-order valence-corrected chi connectivity index (χ2v) is 7.12. The monoisotopic (exact) mass is 308 g/mol. The average molecular weight is 308 g/mol. The lowest BCUT2D eigenvalue weighted by atomic mass is 10.00. The zero-order valence-electron chi connectivity index (χ0n) is 13.2. The maximum Gasteiger partial charge on any atom is 0.196 e. The quantitative estimate of drug-likeness (QED) is 0.442. The Kier molecular flexibility index (Phi) is 4.21. The lowest BCUT2D eigenvalue weighted by Crippen LogP contribution is -2.13. The Morgan fingerprint density at radius 2 is 1.36 bits per heavy atom. The zero-order chi connectivity index (χ0) is 15.7. The summed E-state index contributed by atoms with van der Waals surface area (Å²) in [5.41, 5.74) is 0. The molecule has 0 aliphatic carbocycles. The molecule has 0 aromatic heterocycles. The van der Waals surface area contributed by atoms with E-state index in [2.05, 4.69) is 44.2 Å². The molecule has 3 aromatic carbocycles. The third kappa shape index (κ3) is 2.76. The summed E-state index contributed by atoms with van der Waals surface area (Å²) >= 11 is 1.40. The third-order valence-electron chi connectivity index (χ3n) is 4.30. The van der Waals surface area contributed by atoms with Crippen LogP contribution in [0.25, 0.3) is 21.5 Å². The number of thioether (sulfide) groups is 1. The first-order valence-corrected chi connectivity index (χ1v) is 8.51. The van der Waals surface area contributed by atoms with Gasteiger partial charge in [-0.1, -0.05) is 81.1 Å². The molecule has 0 heterocycles. The first-order valence-electron chi connectivity index (χ1n) is 7.70. The van der Waals surface area contributed by atoms with E-state index in [1.807, 2.05) is 31.2 Å². The van der Waals surface area contributed by atoms with Crippen molar-refractivity contribution >= 4 is 38.4 Å². The van der Waals surface area contributed by atoms with Gasteiger partial charge in [-0.2, -0.15) is 0 Å². The van der Waals surface area contributed by atoms with Gasteiger partial charge >= 0.3 is 0 Å². The number of rotatable bonds is 3. The van der Waals surface area contributed by atoms with Crippen LogP contribution in [0.3, 0.4) is 0 Å². The molecular weight excluding hydrogens is 288 g/mol. The van der Waals surface area contributed by atoms with E-state index in [1.54, 1.807) is 0 Å². The highest BCUT2D eigenvalue weighted by atomic mass is 32.2. The largest absolute Gasteiger partial charge is 0.287 e. The number of fused-ring (bicyclic) bond motifs is 2. The van der Waals surface area contributed by atoms with Crippen molar-refractivity contribution in [3.8, 4) is 0 Å². The molecular formula is C20H20OS. The normalized spacial score (nSPS) is 12.9. The van der Waals surface area contributed by atoms with Crippen molar-refractivity contribution in [3.05, 3.63) is 54.6 Å². The van der Waals surface area contributed by atoms with Crippen molar-refractivity contribution in [1.82, 2.24) is 0 Å². The average Bonchev–Trinajstić information content (AvgIpc) is 2.53. The molecule has 1 nitrogen and oxygen atoms in total. The number of hydrogen-bond acceptors (Lipinski definition) is 2. The summed E-state index contributed by atoms with van der Waals surface area (Å²) in [4.78, 5) is 13.7. The van der Waals surface area contributed by atoms with Crippen LogP contribution >= 0.6 is 11.8 Å². The molecule has 1 atom stereocenters. The smallest absolute Gasteiger partial charge is 0.196 e. The molecule has 0 spiro atoms. The van der Waals surface area contributed by atoms with Crippen LogP contribution < -0.4 is 0 Å². The number of hydrogen-bond donors (Lipinski definition) is 0. The molecule has 22 heavy (non-hydrogen) atoms. The molecule has 0 radical (unpaired) electrons. The van der Waals surface area contributed by atoms with Gasteiger partial charge in [0.25, 0.3) is 0 Å². The van der Waals surface area contributed by atoms with Gasteiger partial charge in [0.1, 0.15) is 0 Å². The van der Waals surface area contributed by atoms with Crippen LogP contribution in [0.2, 0.25) is 0 Å². The van der Waals surface area contributed by atoms with Crippen LogP contribution in [0.1, 0.15) is 20.8 Å². The van der Waals surface area contributed by atoms with Crippen molar-refractivity contribution in [2.45, 2.75) is 25.7 Å². The highest BCUT2D eigenvalue weighted by molar-refractivity contribution is 8.14. The Morgan fingerprint density at radius 3 is 1.86 bits per heavy atom. The van der Waals surface area contributed by atoms with E-state index in [-0.39, 0.29) is 11.0 Å². The van der Waals surface area contributed by atoms with Crippen LogP contribution in [-0.2, 0) is 4.79 Å². The van der Waals surface area contributed by atoms with Crippen molar-refractivity contribution in [2.75, 3.05) is 0 Å². The predicted molar refractivity (Wildman–Crippen MR) is 96.3 cm³/mol. The zero-order valence-corrected chi connectivity index (χ0v) is 14.0. The highest BCUT2D eigenvalue weighted by Crippen LogP contribution is 2.37. The molecule has 1 unspecified atom stereocenters. The second kappa shape index (κ2) is 6.13. The second-order valence-electron chi connectivity index (χ2n) is 6.10. The fourth-order valence-electron chi connectivity index (χ4n) is 2.55. The standard InChI is InChI=1S/C20H20OS/c1-13(2)14(3)20(21)22-19-17-10-6-4-8-15(17)12-16-9-5-7-11-18(16)19/h4-14H,1-3H3. The van der Waals surface area contributed by atoms with Crippen LogP contribution in [0, 0.1) is 11.8 Å². The molecule has 0 saturated heterocycles. The van der Waals surface area contributed by atoms with Crippen molar-refractivity contribution in [3.63, 3.8) is 0 Å². The molecule has 0 fully saturated rings. The lowest BCUT2D eigenvalue weighted by molar-refractivity contribution is -0.114. The number of carbonyl (C=O) groups excluding carboxylic acids is 1. The van der Waals surface area contributed by atoms with Crippen molar-refractivity contribution in [2.24, 2.45) is 11.8 Å². The maximum atomic E-state index is 12.6. The Bertz CT molecular complexity index is 781. The summed E-state index contributed by atoms with van der Waals surface area (Å²) in [6.07, 6.45) is 0. The van der Waals surface area contributed by atoms with Gasteiger partial charge < -0.3 is 0 Å². The summed E-state index contributed by atoms with van der Waals surface area (Å²) < 4.78 is 0. The fourth-order valence-corrected chi connectivity index (χ4v) is 3.80.